The number of fused-ring (bicyclic) bond motifs is 1. The molecule has 6 heteroatoms. The summed E-state index contributed by atoms with van der Waals surface area (Å²) in [6.45, 7) is 2.31. The summed E-state index contributed by atoms with van der Waals surface area (Å²) >= 11 is 0. The summed E-state index contributed by atoms with van der Waals surface area (Å²) in [4.78, 5) is 22.8. The average Bonchev–Trinajstić information content (AvgIpc) is 3.28. The van der Waals surface area contributed by atoms with Gasteiger partial charge in [0.2, 0.25) is 11.8 Å². The van der Waals surface area contributed by atoms with Crippen molar-refractivity contribution in [2.45, 2.75) is 43.7 Å². The van der Waals surface area contributed by atoms with Gasteiger partial charge in [-0.25, -0.2) is 4.98 Å². The van der Waals surface area contributed by atoms with Crippen LogP contribution in [0.2, 0.25) is 0 Å². The molecule has 2 atom stereocenters. The van der Waals surface area contributed by atoms with Crippen LogP contribution in [0, 0.1) is 0 Å². The lowest BCUT2D eigenvalue weighted by atomic mass is 10.2. The van der Waals surface area contributed by atoms with Crippen LogP contribution in [0.25, 0.3) is 0 Å². The van der Waals surface area contributed by atoms with Gasteiger partial charge in [0, 0.05) is 37.9 Å². The van der Waals surface area contributed by atoms with Gasteiger partial charge in [-0.3, -0.25) is 9.78 Å². The van der Waals surface area contributed by atoms with Gasteiger partial charge in [-0.15, -0.1) is 0 Å². The van der Waals surface area contributed by atoms with Crippen molar-refractivity contribution in [2.24, 2.45) is 0 Å². The van der Waals surface area contributed by atoms with E-state index in [2.05, 4.69) is 15.3 Å². The molecule has 0 aromatic carbocycles. The molecule has 1 amide bonds. The van der Waals surface area contributed by atoms with Crippen LogP contribution in [-0.4, -0.2) is 52.6 Å². The van der Waals surface area contributed by atoms with Gasteiger partial charge in [0.1, 0.15) is 6.10 Å². The van der Waals surface area contributed by atoms with Gasteiger partial charge in [0.05, 0.1) is 24.6 Å². The molecular formula is C15H20N4O2. The molecule has 4 rings (SSSR count). The zero-order chi connectivity index (χ0) is 14.2. The number of carbonyl (C=O) groups is 1. The summed E-state index contributed by atoms with van der Waals surface area (Å²) in [7, 11) is 0. The molecule has 112 valence electrons. The molecule has 2 aliphatic heterocycles. The number of nitrogens with one attached hydrogen (secondary N) is 1. The van der Waals surface area contributed by atoms with E-state index in [1.54, 1.807) is 6.20 Å². The predicted octanol–water partition coefficient (Wildman–Crippen LogP) is 0.696. The normalized spacial score (nSPS) is 29.1. The third-order valence-corrected chi connectivity index (χ3v) is 4.52. The first-order valence-corrected chi connectivity index (χ1v) is 7.78. The molecule has 1 N–H and O–H groups in total. The van der Waals surface area contributed by atoms with Crippen molar-refractivity contribution in [2.75, 3.05) is 19.6 Å². The Bertz CT molecular complexity index is 529. The molecule has 3 fully saturated rings. The number of hydrogen-bond acceptors (Lipinski definition) is 5. The second kappa shape index (κ2) is 5.26. The van der Waals surface area contributed by atoms with Crippen molar-refractivity contribution < 1.29 is 9.53 Å². The summed E-state index contributed by atoms with van der Waals surface area (Å²) in [6, 6.07) is 0.253. The quantitative estimate of drug-likeness (QED) is 0.886. The maximum Gasteiger partial charge on any atom is 0.232 e. The van der Waals surface area contributed by atoms with E-state index in [0.717, 1.165) is 25.2 Å². The lowest BCUT2D eigenvalue weighted by molar-refractivity contribution is -0.131. The van der Waals surface area contributed by atoms with Crippen LogP contribution >= 0.6 is 0 Å². The highest BCUT2D eigenvalue weighted by Gasteiger charge is 2.37. The van der Waals surface area contributed by atoms with Crippen LogP contribution in [0.1, 0.15) is 37.3 Å². The summed E-state index contributed by atoms with van der Waals surface area (Å²) in [6.07, 6.45) is 7.47. The van der Waals surface area contributed by atoms with Gasteiger partial charge < -0.3 is 15.0 Å². The van der Waals surface area contributed by atoms with Crippen LogP contribution in [0.3, 0.4) is 0 Å². The van der Waals surface area contributed by atoms with E-state index < -0.39 is 0 Å². The third-order valence-electron chi connectivity index (χ3n) is 4.52. The number of nitrogens with zero attached hydrogens (tertiary/aromatic N) is 3. The van der Waals surface area contributed by atoms with Crippen molar-refractivity contribution in [3.63, 3.8) is 0 Å². The lowest BCUT2D eigenvalue weighted by Crippen LogP contribution is -2.37. The number of rotatable bonds is 3. The fraction of sp³-hybridized carbons (Fsp3) is 0.667. The van der Waals surface area contributed by atoms with Crippen LogP contribution in [0.5, 0.6) is 5.88 Å². The fourth-order valence-electron chi connectivity index (χ4n) is 3.21. The second-order valence-electron chi connectivity index (χ2n) is 6.18. The first-order valence-electron chi connectivity index (χ1n) is 7.78. The van der Waals surface area contributed by atoms with Gasteiger partial charge >= 0.3 is 0 Å². The number of aromatic nitrogens is 2. The van der Waals surface area contributed by atoms with E-state index in [4.69, 9.17) is 4.74 Å². The number of carbonyl (C=O) groups excluding carboxylic acids is 1. The van der Waals surface area contributed by atoms with E-state index in [0.29, 0.717) is 24.8 Å². The highest BCUT2D eigenvalue weighted by atomic mass is 16.5. The van der Waals surface area contributed by atoms with E-state index in [9.17, 15) is 4.79 Å². The van der Waals surface area contributed by atoms with Crippen molar-refractivity contribution in [3.8, 4) is 5.88 Å². The SMILES string of the molecule is O=C1CCNCC2CC(Oc3cnc(C4CC4)cn3)CN12. The minimum absolute atomic E-state index is 0.0277. The van der Waals surface area contributed by atoms with E-state index in [1.807, 2.05) is 11.1 Å². The Labute approximate surface area is 123 Å². The standard InChI is InChI=1S/C15H20N4O2/c20-15-3-4-16-6-11-5-12(9-19(11)15)21-14-8-17-13(7-18-14)10-1-2-10/h7-8,10-12,16H,1-6,9H2. The van der Waals surface area contributed by atoms with Gasteiger partial charge in [0.25, 0.3) is 0 Å². The third kappa shape index (κ3) is 2.72. The Balaban J connectivity index is 1.40. The Kier molecular flexibility index (Phi) is 3.25. The Morgan fingerprint density at radius 1 is 1.29 bits per heavy atom. The largest absolute Gasteiger partial charge is 0.471 e. The Hall–Kier alpha value is -1.69. The lowest BCUT2D eigenvalue weighted by Gasteiger charge is -2.20. The fourth-order valence-corrected chi connectivity index (χ4v) is 3.21. The molecule has 0 bridgehead atoms. The van der Waals surface area contributed by atoms with Crippen molar-refractivity contribution in [3.05, 3.63) is 18.1 Å². The minimum atomic E-state index is 0.0277. The molecule has 2 unspecified atom stereocenters. The molecule has 21 heavy (non-hydrogen) atoms. The topological polar surface area (TPSA) is 67.3 Å². The van der Waals surface area contributed by atoms with Crippen LogP contribution in [0.4, 0.5) is 0 Å². The molecule has 1 aliphatic carbocycles. The highest BCUT2D eigenvalue weighted by Crippen LogP contribution is 2.38. The monoisotopic (exact) mass is 288 g/mol. The smallest absolute Gasteiger partial charge is 0.232 e. The van der Waals surface area contributed by atoms with Crippen LogP contribution in [-0.2, 0) is 4.79 Å². The van der Waals surface area contributed by atoms with E-state index in [1.165, 1.54) is 12.8 Å². The van der Waals surface area contributed by atoms with Crippen LogP contribution < -0.4 is 10.1 Å². The summed E-state index contributed by atoms with van der Waals surface area (Å²) < 4.78 is 5.92. The van der Waals surface area contributed by atoms with Crippen molar-refractivity contribution in [1.82, 2.24) is 20.2 Å². The maximum absolute atomic E-state index is 12.0. The van der Waals surface area contributed by atoms with Gasteiger partial charge in [-0.05, 0) is 12.8 Å². The molecule has 2 saturated heterocycles. The van der Waals surface area contributed by atoms with E-state index in [-0.39, 0.29) is 18.1 Å². The molecule has 1 aromatic heterocycles. The number of hydrogen-bond donors (Lipinski definition) is 1. The van der Waals surface area contributed by atoms with Gasteiger partial charge in [-0.2, -0.15) is 0 Å². The molecule has 0 radical (unpaired) electrons. The van der Waals surface area contributed by atoms with E-state index >= 15 is 0 Å². The van der Waals surface area contributed by atoms with Crippen LogP contribution in [0.15, 0.2) is 12.4 Å². The molecule has 6 nitrogen and oxygen atoms in total. The summed E-state index contributed by atoms with van der Waals surface area (Å²) in [5.74, 6) is 1.41. The molecule has 1 aromatic rings. The number of amides is 1. The second-order valence-corrected chi connectivity index (χ2v) is 6.18. The zero-order valence-electron chi connectivity index (χ0n) is 12.0. The molecular weight excluding hydrogens is 268 g/mol. The predicted molar refractivity (Wildman–Crippen MR) is 76.0 cm³/mol. The maximum atomic E-state index is 12.0. The zero-order valence-corrected chi connectivity index (χ0v) is 12.0. The Morgan fingerprint density at radius 2 is 2.19 bits per heavy atom. The van der Waals surface area contributed by atoms with Gasteiger partial charge in [0.15, 0.2) is 0 Å². The first kappa shape index (κ1) is 13.0. The minimum Gasteiger partial charge on any atom is -0.471 e. The van der Waals surface area contributed by atoms with Crippen molar-refractivity contribution >= 4 is 5.91 Å². The summed E-state index contributed by atoms with van der Waals surface area (Å²) in [5.41, 5.74) is 1.07. The highest BCUT2D eigenvalue weighted by molar-refractivity contribution is 5.77. The average molecular weight is 288 g/mol. The van der Waals surface area contributed by atoms with Gasteiger partial charge in [-0.1, -0.05) is 0 Å². The number of ether oxygens (including phenoxy) is 1. The molecule has 0 spiro atoms. The van der Waals surface area contributed by atoms with Crippen molar-refractivity contribution in [1.29, 1.82) is 0 Å². The first-order chi connectivity index (χ1) is 10.3. The Morgan fingerprint density at radius 3 is 2.95 bits per heavy atom. The summed E-state index contributed by atoms with van der Waals surface area (Å²) in [5, 5.41) is 3.31. The molecule has 3 heterocycles. The molecule has 3 aliphatic rings. The molecule has 1 saturated carbocycles.